The molecule has 1 aliphatic carbocycles. The third kappa shape index (κ3) is 3.05. The molecule has 110 valence electrons. The molecule has 0 N–H and O–H groups in total. The fourth-order valence-corrected chi connectivity index (χ4v) is 3.29. The van der Waals surface area contributed by atoms with Crippen molar-refractivity contribution in [2.45, 2.75) is 60.2 Å². The van der Waals surface area contributed by atoms with Crippen LogP contribution in [0.4, 0.5) is 0 Å². The molecule has 2 atom stereocenters. The number of hydrogen-bond donors (Lipinski definition) is 0. The summed E-state index contributed by atoms with van der Waals surface area (Å²) in [5, 5.41) is 0. The van der Waals surface area contributed by atoms with Gasteiger partial charge in [0.1, 0.15) is 0 Å². The Morgan fingerprint density at radius 2 is 1.84 bits per heavy atom. The van der Waals surface area contributed by atoms with Gasteiger partial charge in [-0.15, -0.1) is 0 Å². The molecule has 1 heterocycles. The Morgan fingerprint density at radius 3 is 2.37 bits per heavy atom. The van der Waals surface area contributed by atoms with Gasteiger partial charge in [-0.1, -0.05) is 53.2 Å². The summed E-state index contributed by atoms with van der Waals surface area (Å²) in [5.41, 5.74) is 0.368. The number of allylic oxidation sites excluding steroid dienone is 2. The second kappa shape index (κ2) is 5.57. The summed E-state index contributed by atoms with van der Waals surface area (Å²) in [5.74, 6) is 1.13. The van der Waals surface area contributed by atoms with Crippen molar-refractivity contribution in [3.8, 4) is 0 Å². The molecule has 19 heavy (non-hydrogen) atoms. The van der Waals surface area contributed by atoms with Crippen LogP contribution in [0.15, 0.2) is 12.2 Å². The molecule has 0 aromatic rings. The highest BCUT2D eigenvalue weighted by Gasteiger charge is 2.43. The van der Waals surface area contributed by atoms with Crippen molar-refractivity contribution in [1.29, 1.82) is 0 Å². The monoisotopic (exact) mass is 266 g/mol. The topological polar surface area (TPSA) is 18.5 Å². The molecule has 2 heteroatoms. The van der Waals surface area contributed by atoms with Gasteiger partial charge in [0, 0.05) is 11.3 Å². The van der Waals surface area contributed by atoms with Crippen LogP contribution in [0.3, 0.4) is 0 Å². The van der Waals surface area contributed by atoms with Crippen LogP contribution in [-0.2, 0) is 9.47 Å². The first-order valence-electron chi connectivity index (χ1n) is 7.80. The van der Waals surface area contributed by atoms with Crippen LogP contribution < -0.4 is 0 Å². The Kier molecular flexibility index (Phi) is 4.42. The fraction of sp³-hybridized carbons (Fsp3) is 0.882. The highest BCUT2D eigenvalue weighted by Crippen LogP contribution is 2.43. The van der Waals surface area contributed by atoms with Gasteiger partial charge < -0.3 is 9.47 Å². The Balaban J connectivity index is 1.98. The van der Waals surface area contributed by atoms with Crippen LogP contribution in [-0.4, -0.2) is 19.5 Å². The standard InChI is InChI=1S/C17H30O2/c1-6-13(2)17(5)11-18-15(19-12-17)14-9-7-8-10-16(14,3)4/h8,10,13-15H,6-7,9,11-12H2,1-5H3. The zero-order chi connectivity index (χ0) is 14.1. The van der Waals surface area contributed by atoms with Gasteiger partial charge in [0.25, 0.3) is 0 Å². The predicted molar refractivity (Wildman–Crippen MR) is 78.9 cm³/mol. The highest BCUT2D eigenvalue weighted by atomic mass is 16.7. The summed E-state index contributed by atoms with van der Waals surface area (Å²) in [6.45, 7) is 13.1. The second-order valence-electron chi connectivity index (χ2n) is 7.36. The van der Waals surface area contributed by atoms with Crippen molar-refractivity contribution in [1.82, 2.24) is 0 Å². The molecule has 1 fully saturated rings. The average molecular weight is 266 g/mol. The van der Waals surface area contributed by atoms with Gasteiger partial charge in [-0.3, -0.25) is 0 Å². The van der Waals surface area contributed by atoms with Crippen molar-refractivity contribution >= 4 is 0 Å². The Bertz CT molecular complexity index is 324. The first-order valence-corrected chi connectivity index (χ1v) is 7.80. The summed E-state index contributed by atoms with van der Waals surface area (Å²) in [7, 11) is 0. The van der Waals surface area contributed by atoms with Crippen molar-refractivity contribution in [2.24, 2.45) is 22.7 Å². The van der Waals surface area contributed by atoms with E-state index in [9.17, 15) is 0 Å². The van der Waals surface area contributed by atoms with Crippen molar-refractivity contribution in [2.75, 3.05) is 13.2 Å². The first kappa shape index (κ1) is 15.1. The molecular weight excluding hydrogens is 236 g/mol. The average Bonchev–Trinajstić information content (AvgIpc) is 2.39. The van der Waals surface area contributed by atoms with Crippen LogP contribution in [0.1, 0.15) is 53.9 Å². The Labute approximate surface area is 118 Å². The summed E-state index contributed by atoms with van der Waals surface area (Å²) in [4.78, 5) is 0. The summed E-state index contributed by atoms with van der Waals surface area (Å²) in [6, 6.07) is 0. The lowest BCUT2D eigenvalue weighted by atomic mass is 9.71. The van der Waals surface area contributed by atoms with Crippen LogP contribution in [0, 0.1) is 22.7 Å². The smallest absolute Gasteiger partial charge is 0.161 e. The molecule has 0 bridgehead atoms. The molecule has 0 saturated carbocycles. The van der Waals surface area contributed by atoms with E-state index in [2.05, 4.69) is 46.8 Å². The summed E-state index contributed by atoms with van der Waals surface area (Å²) >= 11 is 0. The summed E-state index contributed by atoms with van der Waals surface area (Å²) in [6.07, 6.45) is 8.12. The minimum Gasteiger partial charge on any atom is -0.352 e. The second-order valence-corrected chi connectivity index (χ2v) is 7.36. The maximum Gasteiger partial charge on any atom is 0.161 e. The highest BCUT2D eigenvalue weighted by molar-refractivity contribution is 5.04. The molecule has 0 aromatic carbocycles. The number of ether oxygens (including phenoxy) is 2. The van der Waals surface area contributed by atoms with E-state index in [1.807, 2.05) is 0 Å². The van der Waals surface area contributed by atoms with E-state index in [1.54, 1.807) is 0 Å². The van der Waals surface area contributed by atoms with Crippen LogP contribution in [0.2, 0.25) is 0 Å². The minimum absolute atomic E-state index is 0.0166. The van der Waals surface area contributed by atoms with Crippen molar-refractivity contribution in [3.63, 3.8) is 0 Å². The Hall–Kier alpha value is -0.340. The van der Waals surface area contributed by atoms with E-state index in [0.717, 1.165) is 19.6 Å². The largest absolute Gasteiger partial charge is 0.352 e. The van der Waals surface area contributed by atoms with Crippen LogP contribution in [0.5, 0.6) is 0 Å². The molecule has 1 saturated heterocycles. The van der Waals surface area contributed by atoms with Gasteiger partial charge in [-0.25, -0.2) is 0 Å². The third-order valence-corrected chi connectivity index (χ3v) is 5.43. The zero-order valence-electron chi connectivity index (χ0n) is 13.2. The van der Waals surface area contributed by atoms with Gasteiger partial charge in [0.05, 0.1) is 13.2 Å². The SMILES string of the molecule is CCC(C)C1(C)COC(C2CCC=CC2(C)C)OC1. The number of hydrogen-bond acceptors (Lipinski definition) is 2. The normalized spacial score (nSPS) is 40.1. The van der Waals surface area contributed by atoms with E-state index in [1.165, 1.54) is 12.8 Å². The fourth-order valence-electron chi connectivity index (χ4n) is 3.29. The van der Waals surface area contributed by atoms with E-state index in [-0.39, 0.29) is 17.1 Å². The van der Waals surface area contributed by atoms with E-state index < -0.39 is 0 Å². The molecule has 2 nitrogen and oxygen atoms in total. The summed E-state index contributed by atoms with van der Waals surface area (Å²) < 4.78 is 12.3. The van der Waals surface area contributed by atoms with Crippen LogP contribution in [0.25, 0.3) is 0 Å². The lowest BCUT2D eigenvalue weighted by Crippen LogP contribution is -2.48. The van der Waals surface area contributed by atoms with E-state index in [0.29, 0.717) is 11.8 Å². The minimum atomic E-state index is -0.0166. The van der Waals surface area contributed by atoms with Crippen LogP contribution >= 0.6 is 0 Å². The lowest BCUT2D eigenvalue weighted by Gasteiger charge is -2.46. The molecule has 2 unspecified atom stereocenters. The quantitative estimate of drug-likeness (QED) is 0.705. The zero-order valence-corrected chi connectivity index (χ0v) is 13.2. The molecule has 0 aromatic heterocycles. The maximum atomic E-state index is 6.14. The van der Waals surface area contributed by atoms with Gasteiger partial charge >= 0.3 is 0 Å². The van der Waals surface area contributed by atoms with E-state index in [4.69, 9.17) is 9.47 Å². The van der Waals surface area contributed by atoms with Crippen molar-refractivity contribution in [3.05, 3.63) is 12.2 Å². The van der Waals surface area contributed by atoms with Gasteiger partial charge in [0.2, 0.25) is 0 Å². The molecule has 2 aliphatic rings. The predicted octanol–water partition coefficient (Wildman–Crippen LogP) is 4.40. The molecular formula is C17H30O2. The molecule has 0 amide bonds. The molecule has 2 rings (SSSR count). The Morgan fingerprint density at radius 1 is 1.21 bits per heavy atom. The van der Waals surface area contributed by atoms with Crippen molar-refractivity contribution < 1.29 is 9.47 Å². The van der Waals surface area contributed by atoms with E-state index >= 15 is 0 Å². The molecule has 0 spiro atoms. The third-order valence-electron chi connectivity index (χ3n) is 5.43. The molecule has 0 radical (unpaired) electrons. The maximum absolute atomic E-state index is 6.14. The van der Waals surface area contributed by atoms with Gasteiger partial charge in [-0.05, 0) is 24.2 Å². The van der Waals surface area contributed by atoms with Gasteiger partial charge in [-0.2, -0.15) is 0 Å². The number of rotatable bonds is 3. The lowest BCUT2D eigenvalue weighted by molar-refractivity contribution is -0.266. The first-order chi connectivity index (χ1) is 8.89. The van der Waals surface area contributed by atoms with Gasteiger partial charge in [0.15, 0.2) is 6.29 Å². The molecule has 1 aliphatic heterocycles.